The van der Waals surface area contributed by atoms with Crippen LogP contribution in [0.3, 0.4) is 0 Å². The highest BCUT2D eigenvalue weighted by Gasteiger charge is 2.22. The lowest BCUT2D eigenvalue weighted by molar-refractivity contribution is 0.480. The zero-order valence-electron chi connectivity index (χ0n) is 11.7. The van der Waals surface area contributed by atoms with Gasteiger partial charge in [0.2, 0.25) is 0 Å². The molecule has 0 amide bonds. The Morgan fingerprint density at radius 3 is 2.94 bits per heavy atom. The number of anilines is 2. The molecule has 4 heteroatoms. The Morgan fingerprint density at radius 2 is 2.22 bits per heavy atom. The SMILES string of the molecule is CCCNc1ncnc(N2CCCCC2C)c1C. The van der Waals surface area contributed by atoms with Gasteiger partial charge in [-0.15, -0.1) is 0 Å². The lowest BCUT2D eigenvalue weighted by Crippen LogP contribution is -2.38. The van der Waals surface area contributed by atoms with Gasteiger partial charge in [-0.05, 0) is 39.5 Å². The van der Waals surface area contributed by atoms with E-state index in [4.69, 9.17) is 0 Å². The second-order valence-corrected chi connectivity index (χ2v) is 5.14. The van der Waals surface area contributed by atoms with Crippen LogP contribution in [0.4, 0.5) is 11.6 Å². The molecule has 2 rings (SSSR count). The molecule has 1 N–H and O–H groups in total. The van der Waals surface area contributed by atoms with E-state index in [1.807, 2.05) is 0 Å². The Morgan fingerprint density at radius 1 is 1.39 bits per heavy atom. The quantitative estimate of drug-likeness (QED) is 0.889. The lowest BCUT2D eigenvalue weighted by Gasteiger charge is -2.35. The number of piperidine rings is 1. The molecule has 1 aromatic rings. The summed E-state index contributed by atoms with van der Waals surface area (Å²) < 4.78 is 0. The fraction of sp³-hybridized carbons (Fsp3) is 0.714. The summed E-state index contributed by atoms with van der Waals surface area (Å²) in [6.07, 6.45) is 6.66. The number of nitrogens with zero attached hydrogens (tertiary/aromatic N) is 3. The largest absolute Gasteiger partial charge is 0.370 e. The Bertz CT molecular complexity index is 391. The molecular formula is C14H24N4. The van der Waals surface area contributed by atoms with Gasteiger partial charge >= 0.3 is 0 Å². The third-order valence-electron chi connectivity index (χ3n) is 3.67. The smallest absolute Gasteiger partial charge is 0.137 e. The predicted molar refractivity (Wildman–Crippen MR) is 76.2 cm³/mol. The molecule has 0 radical (unpaired) electrons. The van der Waals surface area contributed by atoms with E-state index in [1.54, 1.807) is 6.33 Å². The summed E-state index contributed by atoms with van der Waals surface area (Å²) in [5.74, 6) is 2.09. The molecule has 1 aromatic heterocycles. The van der Waals surface area contributed by atoms with Crippen LogP contribution in [0.2, 0.25) is 0 Å². The van der Waals surface area contributed by atoms with Crippen LogP contribution < -0.4 is 10.2 Å². The Labute approximate surface area is 110 Å². The van der Waals surface area contributed by atoms with E-state index in [-0.39, 0.29) is 0 Å². The van der Waals surface area contributed by atoms with Crippen LogP contribution in [0, 0.1) is 6.92 Å². The maximum absolute atomic E-state index is 4.50. The molecule has 0 saturated carbocycles. The summed E-state index contributed by atoms with van der Waals surface area (Å²) in [5.41, 5.74) is 1.18. The molecule has 0 spiro atoms. The van der Waals surface area contributed by atoms with E-state index in [0.717, 1.165) is 31.1 Å². The second kappa shape index (κ2) is 6.03. The van der Waals surface area contributed by atoms with Gasteiger partial charge in [-0.1, -0.05) is 6.92 Å². The molecule has 1 saturated heterocycles. The lowest BCUT2D eigenvalue weighted by atomic mass is 10.0. The number of hydrogen-bond acceptors (Lipinski definition) is 4. The minimum absolute atomic E-state index is 0.589. The van der Waals surface area contributed by atoms with Crippen molar-refractivity contribution in [1.82, 2.24) is 9.97 Å². The van der Waals surface area contributed by atoms with Crippen molar-refractivity contribution in [2.24, 2.45) is 0 Å². The first kappa shape index (κ1) is 13.1. The summed E-state index contributed by atoms with van der Waals surface area (Å²) >= 11 is 0. The van der Waals surface area contributed by atoms with Crippen molar-refractivity contribution in [3.8, 4) is 0 Å². The first-order valence-electron chi connectivity index (χ1n) is 7.06. The van der Waals surface area contributed by atoms with Gasteiger partial charge in [0.1, 0.15) is 18.0 Å². The summed E-state index contributed by atoms with van der Waals surface area (Å²) in [6.45, 7) is 8.66. The Hall–Kier alpha value is -1.32. The van der Waals surface area contributed by atoms with Gasteiger partial charge in [-0.3, -0.25) is 0 Å². The summed E-state index contributed by atoms with van der Waals surface area (Å²) in [7, 11) is 0. The topological polar surface area (TPSA) is 41.1 Å². The van der Waals surface area contributed by atoms with Crippen molar-refractivity contribution in [3.63, 3.8) is 0 Å². The highest BCUT2D eigenvalue weighted by atomic mass is 15.2. The van der Waals surface area contributed by atoms with Crippen LogP contribution in [0.5, 0.6) is 0 Å². The van der Waals surface area contributed by atoms with Crippen LogP contribution in [0.15, 0.2) is 6.33 Å². The van der Waals surface area contributed by atoms with Gasteiger partial charge in [-0.25, -0.2) is 9.97 Å². The van der Waals surface area contributed by atoms with Gasteiger partial charge in [0.15, 0.2) is 0 Å². The van der Waals surface area contributed by atoms with Crippen molar-refractivity contribution in [2.45, 2.75) is 52.5 Å². The third-order valence-corrected chi connectivity index (χ3v) is 3.67. The molecule has 1 aliphatic rings. The number of nitrogens with one attached hydrogen (secondary N) is 1. The predicted octanol–water partition coefficient (Wildman–Crippen LogP) is 2.99. The van der Waals surface area contributed by atoms with Gasteiger partial charge in [-0.2, -0.15) is 0 Å². The average Bonchev–Trinajstić information content (AvgIpc) is 2.39. The maximum atomic E-state index is 4.50. The highest BCUT2D eigenvalue weighted by Crippen LogP contribution is 2.28. The standard InChI is InChI=1S/C14H24N4/c1-4-8-15-13-12(3)14(17-10-16-13)18-9-6-5-7-11(18)2/h10-11H,4-9H2,1-3H3,(H,15,16,17). The third kappa shape index (κ3) is 2.74. The number of hydrogen-bond donors (Lipinski definition) is 1. The van der Waals surface area contributed by atoms with Gasteiger partial charge in [0, 0.05) is 24.7 Å². The molecule has 2 heterocycles. The first-order chi connectivity index (χ1) is 8.74. The molecule has 18 heavy (non-hydrogen) atoms. The van der Waals surface area contributed by atoms with Gasteiger partial charge in [0.05, 0.1) is 0 Å². The highest BCUT2D eigenvalue weighted by molar-refractivity contribution is 5.58. The van der Waals surface area contributed by atoms with Crippen molar-refractivity contribution in [3.05, 3.63) is 11.9 Å². The van der Waals surface area contributed by atoms with Crippen LogP contribution in [0.25, 0.3) is 0 Å². The molecule has 1 aliphatic heterocycles. The zero-order valence-corrected chi connectivity index (χ0v) is 11.7. The van der Waals surface area contributed by atoms with E-state index in [0.29, 0.717) is 6.04 Å². The fourth-order valence-corrected chi connectivity index (χ4v) is 2.56. The molecule has 1 unspecified atom stereocenters. The first-order valence-corrected chi connectivity index (χ1v) is 7.06. The zero-order chi connectivity index (χ0) is 13.0. The van der Waals surface area contributed by atoms with Crippen molar-refractivity contribution < 1.29 is 0 Å². The summed E-state index contributed by atoms with van der Waals surface area (Å²) in [4.78, 5) is 11.3. The van der Waals surface area contributed by atoms with E-state index in [1.165, 1.54) is 24.8 Å². The van der Waals surface area contributed by atoms with Crippen molar-refractivity contribution in [2.75, 3.05) is 23.3 Å². The fourth-order valence-electron chi connectivity index (χ4n) is 2.56. The molecular weight excluding hydrogens is 224 g/mol. The number of aromatic nitrogens is 2. The minimum Gasteiger partial charge on any atom is -0.370 e. The normalized spacial score (nSPS) is 19.9. The average molecular weight is 248 g/mol. The summed E-state index contributed by atoms with van der Waals surface area (Å²) in [5, 5.41) is 3.38. The van der Waals surface area contributed by atoms with E-state index in [9.17, 15) is 0 Å². The molecule has 0 aromatic carbocycles. The van der Waals surface area contributed by atoms with E-state index < -0.39 is 0 Å². The van der Waals surface area contributed by atoms with Gasteiger partial charge < -0.3 is 10.2 Å². The number of rotatable bonds is 4. The molecule has 1 fully saturated rings. The van der Waals surface area contributed by atoms with E-state index >= 15 is 0 Å². The van der Waals surface area contributed by atoms with Crippen LogP contribution >= 0.6 is 0 Å². The molecule has 0 bridgehead atoms. The van der Waals surface area contributed by atoms with Gasteiger partial charge in [0.25, 0.3) is 0 Å². The van der Waals surface area contributed by atoms with Crippen LogP contribution in [-0.4, -0.2) is 29.1 Å². The monoisotopic (exact) mass is 248 g/mol. The van der Waals surface area contributed by atoms with Crippen LogP contribution in [0.1, 0.15) is 45.1 Å². The van der Waals surface area contributed by atoms with Crippen LogP contribution in [-0.2, 0) is 0 Å². The molecule has 0 aliphatic carbocycles. The summed E-state index contributed by atoms with van der Waals surface area (Å²) in [6, 6.07) is 0.589. The maximum Gasteiger partial charge on any atom is 0.137 e. The van der Waals surface area contributed by atoms with E-state index in [2.05, 4.69) is 41.0 Å². The Balaban J connectivity index is 2.21. The molecule has 4 nitrogen and oxygen atoms in total. The van der Waals surface area contributed by atoms with Crippen molar-refractivity contribution in [1.29, 1.82) is 0 Å². The Kier molecular flexibility index (Phi) is 4.39. The second-order valence-electron chi connectivity index (χ2n) is 5.14. The van der Waals surface area contributed by atoms with Crippen molar-refractivity contribution >= 4 is 11.6 Å². The molecule has 1 atom stereocenters. The minimum atomic E-state index is 0.589. The molecule has 100 valence electrons.